The van der Waals surface area contributed by atoms with Gasteiger partial charge in [0.2, 0.25) is 5.82 Å². The molecule has 1 saturated heterocycles. The molecule has 6 nitrogen and oxygen atoms in total. The number of benzene rings is 1. The van der Waals surface area contributed by atoms with Gasteiger partial charge in [-0.3, -0.25) is 0 Å². The Labute approximate surface area is 109 Å². The molecule has 0 radical (unpaired) electrons. The van der Waals surface area contributed by atoms with E-state index in [1.807, 2.05) is 6.92 Å². The normalized spacial score (nSPS) is 22.8. The molecule has 1 aliphatic rings. The highest BCUT2D eigenvalue weighted by atomic mass is 16.5. The van der Waals surface area contributed by atoms with Gasteiger partial charge < -0.3 is 19.5 Å². The zero-order valence-electron chi connectivity index (χ0n) is 10.5. The first-order valence-electron chi connectivity index (χ1n) is 6.09. The summed E-state index contributed by atoms with van der Waals surface area (Å²) in [5, 5.41) is 22.9. The molecule has 0 spiro atoms. The van der Waals surface area contributed by atoms with E-state index in [2.05, 4.69) is 10.1 Å². The smallest absolute Gasteiger partial charge is 0.261 e. The summed E-state index contributed by atoms with van der Waals surface area (Å²) in [6.45, 7) is 2.61. The van der Waals surface area contributed by atoms with Crippen molar-refractivity contribution in [3.8, 4) is 23.0 Å². The Morgan fingerprint density at radius 2 is 2.16 bits per heavy atom. The molecule has 2 heterocycles. The first-order valence-corrected chi connectivity index (χ1v) is 6.09. The van der Waals surface area contributed by atoms with Crippen LogP contribution in [-0.4, -0.2) is 27.0 Å². The Kier molecular flexibility index (Phi) is 2.67. The predicted molar refractivity (Wildman–Crippen MR) is 65.6 cm³/mol. The van der Waals surface area contributed by atoms with Crippen LogP contribution in [0.1, 0.15) is 25.6 Å². The summed E-state index contributed by atoms with van der Waals surface area (Å²) in [4.78, 5) is 4.28. The van der Waals surface area contributed by atoms with Crippen molar-refractivity contribution in [2.45, 2.75) is 25.4 Å². The fourth-order valence-corrected chi connectivity index (χ4v) is 2.20. The third-order valence-corrected chi connectivity index (χ3v) is 3.33. The second-order valence-electron chi connectivity index (χ2n) is 4.81. The van der Waals surface area contributed by atoms with Crippen molar-refractivity contribution in [3.05, 3.63) is 24.0 Å². The van der Waals surface area contributed by atoms with E-state index in [0.717, 1.165) is 12.8 Å². The zero-order valence-corrected chi connectivity index (χ0v) is 10.5. The number of hydrogen-bond acceptors (Lipinski definition) is 6. The molecule has 6 heteroatoms. The third-order valence-electron chi connectivity index (χ3n) is 3.33. The van der Waals surface area contributed by atoms with E-state index in [-0.39, 0.29) is 17.4 Å². The Bertz CT molecular complexity index is 602. The van der Waals surface area contributed by atoms with Crippen molar-refractivity contribution in [2.24, 2.45) is 0 Å². The number of nitrogens with zero attached hydrogens (tertiary/aromatic N) is 2. The number of aromatic nitrogens is 2. The Morgan fingerprint density at radius 3 is 2.84 bits per heavy atom. The zero-order chi connectivity index (χ0) is 13.5. The fourth-order valence-electron chi connectivity index (χ4n) is 2.20. The van der Waals surface area contributed by atoms with Crippen LogP contribution in [0.3, 0.4) is 0 Å². The van der Waals surface area contributed by atoms with Gasteiger partial charge in [0.1, 0.15) is 17.1 Å². The SMILES string of the molecule is CC1(c2noc(-c3ccc(O)cc3O)n2)CCCO1. The molecule has 0 saturated carbocycles. The Hall–Kier alpha value is -2.08. The molecule has 0 bridgehead atoms. The molecule has 1 aliphatic heterocycles. The number of aromatic hydroxyl groups is 2. The summed E-state index contributed by atoms with van der Waals surface area (Å²) in [5.74, 6) is 0.566. The summed E-state index contributed by atoms with van der Waals surface area (Å²) in [6, 6.07) is 4.21. The van der Waals surface area contributed by atoms with Crippen LogP contribution in [-0.2, 0) is 10.3 Å². The average Bonchev–Trinajstić information content (AvgIpc) is 2.99. The molecule has 0 aliphatic carbocycles. The number of ether oxygens (including phenoxy) is 1. The molecule has 1 unspecified atom stereocenters. The van der Waals surface area contributed by atoms with Gasteiger partial charge in [-0.15, -0.1) is 0 Å². The van der Waals surface area contributed by atoms with E-state index in [4.69, 9.17) is 9.26 Å². The second-order valence-corrected chi connectivity index (χ2v) is 4.81. The van der Waals surface area contributed by atoms with Crippen molar-refractivity contribution in [3.63, 3.8) is 0 Å². The number of phenols is 2. The summed E-state index contributed by atoms with van der Waals surface area (Å²) < 4.78 is 10.8. The molecule has 1 aromatic carbocycles. The van der Waals surface area contributed by atoms with Gasteiger partial charge in [-0.2, -0.15) is 4.98 Å². The summed E-state index contributed by atoms with van der Waals surface area (Å²) in [7, 11) is 0. The minimum atomic E-state index is -0.520. The summed E-state index contributed by atoms with van der Waals surface area (Å²) >= 11 is 0. The van der Waals surface area contributed by atoms with Crippen LogP contribution in [0.15, 0.2) is 22.7 Å². The van der Waals surface area contributed by atoms with Crippen LogP contribution < -0.4 is 0 Å². The van der Waals surface area contributed by atoms with E-state index >= 15 is 0 Å². The minimum Gasteiger partial charge on any atom is -0.508 e. The van der Waals surface area contributed by atoms with Crippen LogP contribution in [0.5, 0.6) is 11.5 Å². The molecule has 1 atom stereocenters. The molecule has 3 rings (SSSR count). The van der Waals surface area contributed by atoms with Gasteiger partial charge in [0.05, 0.1) is 5.56 Å². The number of hydrogen-bond donors (Lipinski definition) is 2. The third kappa shape index (κ3) is 2.04. The topological polar surface area (TPSA) is 88.6 Å². The van der Waals surface area contributed by atoms with Gasteiger partial charge in [-0.1, -0.05) is 5.16 Å². The van der Waals surface area contributed by atoms with Crippen molar-refractivity contribution in [2.75, 3.05) is 6.61 Å². The van der Waals surface area contributed by atoms with Crippen LogP contribution in [0, 0.1) is 0 Å². The number of rotatable bonds is 2. The molecule has 100 valence electrons. The molecule has 2 aromatic rings. The lowest BCUT2D eigenvalue weighted by Gasteiger charge is -2.17. The molecule has 1 aromatic heterocycles. The van der Waals surface area contributed by atoms with Crippen LogP contribution in [0.25, 0.3) is 11.5 Å². The van der Waals surface area contributed by atoms with E-state index in [9.17, 15) is 10.2 Å². The largest absolute Gasteiger partial charge is 0.508 e. The van der Waals surface area contributed by atoms with E-state index in [1.165, 1.54) is 18.2 Å². The monoisotopic (exact) mass is 262 g/mol. The maximum Gasteiger partial charge on any atom is 0.261 e. The van der Waals surface area contributed by atoms with Crippen molar-refractivity contribution in [1.82, 2.24) is 10.1 Å². The molecule has 2 N–H and O–H groups in total. The molecular weight excluding hydrogens is 248 g/mol. The van der Waals surface area contributed by atoms with E-state index in [1.54, 1.807) is 0 Å². The Morgan fingerprint density at radius 1 is 1.32 bits per heavy atom. The van der Waals surface area contributed by atoms with Crippen molar-refractivity contribution in [1.29, 1.82) is 0 Å². The Balaban J connectivity index is 1.97. The fraction of sp³-hybridized carbons (Fsp3) is 0.385. The van der Waals surface area contributed by atoms with Gasteiger partial charge in [0, 0.05) is 12.7 Å². The quantitative estimate of drug-likeness (QED) is 0.862. The van der Waals surface area contributed by atoms with Gasteiger partial charge in [0.25, 0.3) is 5.89 Å². The van der Waals surface area contributed by atoms with Gasteiger partial charge in [0.15, 0.2) is 0 Å². The second kappa shape index (κ2) is 4.24. The van der Waals surface area contributed by atoms with Crippen molar-refractivity contribution >= 4 is 0 Å². The summed E-state index contributed by atoms with van der Waals surface area (Å²) in [5.41, 5.74) is -0.132. The lowest BCUT2D eigenvalue weighted by atomic mass is 10.0. The molecule has 19 heavy (non-hydrogen) atoms. The lowest BCUT2D eigenvalue weighted by molar-refractivity contribution is 0.00768. The van der Waals surface area contributed by atoms with Crippen LogP contribution >= 0.6 is 0 Å². The highest BCUT2D eigenvalue weighted by molar-refractivity contribution is 5.63. The van der Waals surface area contributed by atoms with E-state index < -0.39 is 5.60 Å². The highest BCUT2D eigenvalue weighted by Crippen LogP contribution is 2.36. The van der Waals surface area contributed by atoms with Crippen LogP contribution in [0.4, 0.5) is 0 Å². The maximum absolute atomic E-state index is 9.76. The summed E-state index contributed by atoms with van der Waals surface area (Å²) in [6.07, 6.45) is 1.80. The number of phenolic OH excluding ortho intramolecular Hbond substituents is 2. The highest BCUT2D eigenvalue weighted by Gasteiger charge is 2.36. The minimum absolute atomic E-state index is 0.0212. The first kappa shape index (κ1) is 12.0. The molecular formula is C13H14N2O4. The molecule has 1 fully saturated rings. The maximum atomic E-state index is 9.76. The first-order chi connectivity index (χ1) is 9.08. The van der Waals surface area contributed by atoms with Crippen LogP contribution in [0.2, 0.25) is 0 Å². The van der Waals surface area contributed by atoms with Gasteiger partial charge in [-0.05, 0) is 31.9 Å². The van der Waals surface area contributed by atoms with Crippen molar-refractivity contribution < 1.29 is 19.5 Å². The van der Waals surface area contributed by atoms with Gasteiger partial charge in [-0.25, -0.2) is 0 Å². The van der Waals surface area contributed by atoms with Gasteiger partial charge >= 0.3 is 0 Å². The average molecular weight is 262 g/mol. The molecule has 0 amide bonds. The predicted octanol–water partition coefficient (Wildman–Crippen LogP) is 2.17. The lowest BCUT2D eigenvalue weighted by Crippen LogP contribution is -2.21. The van der Waals surface area contributed by atoms with E-state index in [0.29, 0.717) is 18.0 Å². The standard InChI is InChI=1S/C13H14N2O4/c1-13(5-2-6-18-13)12-14-11(19-15-12)9-4-3-8(16)7-10(9)17/h3-4,7,16-17H,2,5-6H2,1H3.